The number of rotatable bonds is 3. The Kier molecular flexibility index (Phi) is 2.54. The minimum Gasteiger partial charge on any atom is -0.497 e. The summed E-state index contributed by atoms with van der Waals surface area (Å²) in [5.74, 6) is 1.75. The van der Waals surface area contributed by atoms with Crippen LogP contribution in [0.5, 0.6) is 5.75 Å². The van der Waals surface area contributed by atoms with Crippen LogP contribution in [0.3, 0.4) is 0 Å². The van der Waals surface area contributed by atoms with E-state index >= 15 is 0 Å². The van der Waals surface area contributed by atoms with Gasteiger partial charge in [0.05, 0.1) is 7.11 Å². The number of carbonyl (C=O) groups is 1. The highest BCUT2D eigenvalue weighted by Crippen LogP contribution is 2.25. The summed E-state index contributed by atoms with van der Waals surface area (Å²) < 4.78 is 10.4. The molecule has 1 aromatic heterocycles. The Hall–Kier alpha value is -2.03. The summed E-state index contributed by atoms with van der Waals surface area (Å²) in [5.41, 5.74) is 0.891. The van der Waals surface area contributed by atoms with Crippen LogP contribution in [0.1, 0.15) is 10.6 Å². The molecule has 0 aliphatic carbocycles. The first kappa shape index (κ1) is 9.52. The smallest absolute Gasteiger partial charge is 0.185 e. The Morgan fingerprint density at radius 3 is 2.80 bits per heavy atom. The highest BCUT2D eigenvalue weighted by molar-refractivity contribution is 5.73. The van der Waals surface area contributed by atoms with Crippen molar-refractivity contribution in [3.05, 3.63) is 42.2 Å². The van der Waals surface area contributed by atoms with Gasteiger partial charge in [0, 0.05) is 5.56 Å². The molecule has 1 heterocycles. The number of hydrogen-bond acceptors (Lipinski definition) is 3. The first-order valence-corrected chi connectivity index (χ1v) is 4.53. The van der Waals surface area contributed by atoms with E-state index in [9.17, 15) is 4.79 Å². The van der Waals surface area contributed by atoms with Gasteiger partial charge in [0.15, 0.2) is 12.0 Å². The van der Waals surface area contributed by atoms with Gasteiger partial charge >= 0.3 is 0 Å². The lowest BCUT2D eigenvalue weighted by atomic mass is 10.2. The molecule has 1 aromatic carbocycles. The molecule has 0 unspecified atom stereocenters. The van der Waals surface area contributed by atoms with Gasteiger partial charge in [-0.05, 0) is 24.3 Å². The van der Waals surface area contributed by atoms with Crippen molar-refractivity contribution in [2.45, 2.75) is 0 Å². The Morgan fingerprint density at radius 1 is 1.27 bits per heavy atom. The molecule has 0 atom stereocenters. The number of ether oxygens (including phenoxy) is 1. The average Bonchev–Trinajstić information content (AvgIpc) is 2.78. The van der Waals surface area contributed by atoms with Gasteiger partial charge in [0.2, 0.25) is 0 Å². The van der Waals surface area contributed by atoms with Gasteiger partial charge < -0.3 is 9.15 Å². The first-order chi connectivity index (χ1) is 7.33. The van der Waals surface area contributed by atoms with Crippen molar-refractivity contribution in [2.24, 2.45) is 0 Å². The third-order valence-electron chi connectivity index (χ3n) is 2.10. The molecule has 76 valence electrons. The van der Waals surface area contributed by atoms with E-state index in [0.717, 1.165) is 11.3 Å². The molecule has 3 nitrogen and oxygen atoms in total. The molecule has 0 bridgehead atoms. The fourth-order valence-corrected chi connectivity index (χ4v) is 1.35. The number of carbonyl (C=O) groups excluding carboxylic acids is 1. The largest absolute Gasteiger partial charge is 0.497 e. The molecule has 0 amide bonds. The predicted molar refractivity (Wildman–Crippen MR) is 56.1 cm³/mol. The lowest BCUT2D eigenvalue weighted by Crippen LogP contribution is -1.82. The fraction of sp³-hybridized carbons (Fsp3) is 0.0833. The summed E-state index contributed by atoms with van der Waals surface area (Å²) in [7, 11) is 1.61. The van der Waals surface area contributed by atoms with Crippen molar-refractivity contribution in [1.82, 2.24) is 0 Å². The number of aldehydes is 1. The van der Waals surface area contributed by atoms with Gasteiger partial charge in [-0.1, -0.05) is 12.1 Å². The van der Waals surface area contributed by atoms with E-state index in [4.69, 9.17) is 9.15 Å². The summed E-state index contributed by atoms with van der Waals surface area (Å²) in [5, 5.41) is 0. The second-order valence-corrected chi connectivity index (χ2v) is 3.05. The minimum atomic E-state index is 0.327. The van der Waals surface area contributed by atoms with E-state index in [1.165, 1.54) is 0 Å². The zero-order valence-electron chi connectivity index (χ0n) is 8.27. The van der Waals surface area contributed by atoms with Gasteiger partial charge in [-0.3, -0.25) is 4.79 Å². The maximum atomic E-state index is 10.5. The van der Waals surface area contributed by atoms with Crippen molar-refractivity contribution in [1.29, 1.82) is 0 Å². The van der Waals surface area contributed by atoms with Gasteiger partial charge in [-0.25, -0.2) is 0 Å². The molecule has 0 N–H and O–H groups in total. The summed E-state index contributed by atoms with van der Waals surface area (Å²) in [6.07, 6.45) is 0.684. The average molecular weight is 202 g/mol. The maximum absolute atomic E-state index is 10.5. The van der Waals surface area contributed by atoms with Crippen molar-refractivity contribution < 1.29 is 13.9 Å². The van der Waals surface area contributed by atoms with E-state index < -0.39 is 0 Å². The second-order valence-electron chi connectivity index (χ2n) is 3.05. The molecule has 15 heavy (non-hydrogen) atoms. The first-order valence-electron chi connectivity index (χ1n) is 4.53. The van der Waals surface area contributed by atoms with Gasteiger partial charge in [-0.2, -0.15) is 0 Å². The quantitative estimate of drug-likeness (QED) is 0.718. The van der Waals surface area contributed by atoms with Gasteiger partial charge in [-0.15, -0.1) is 0 Å². The summed E-state index contributed by atoms with van der Waals surface area (Å²) >= 11 is 0. The van der Waals surface area contributed by atoms with Crippen molar-refractivity contribution in [3.63, 3.8) is 0 Å². The van der Waals surface area contributed by atoms with E-state index in [1.54, 1.807) is 19.2 Å². The standard InChI is InChI=1S/C12H10O3/c1-14-10-4-2-3-9(7-10)12-6-5-11(8-13)15-12/h2-8H,1H3. The Morgan fingerprint density at radius 2 is 2.13 bits per heavy atom. The molecule has 0 aliphatic rings. The van der Waals surface area contributed by atoms with Crippen molar-refractivity contribution in [3.8, 4) is 17.1 Å². The lowest BCUT2D eigenvalue weighted by Gasteiger charge is -2.01. The van der Waals surface area contributed by atoms with Gasteiger partial charge in [0.1, 0.15) is 11.5 Å². The van der Waals surface area contributed by atoms with Gasteiger partial charge in [0.25, 0.3) is 0 Å². The summed E-state index contributed by atoms with van der Waals surface area (Å²) in [6, 6.07) is 10.9. The fourth-order valence-electron chi connectivity index (χ4n) is 1.35. The van der Waals surface area contributed by atoms with E-state index in [0.29, 0.717) is 17.8 Å². The number of furan rings is 1. The second kappa shape index (κ2) is 4.00. The van der Waals surface area contributed by atoms with Crippen LogP contribution < -0.4 is 4.74 Å². The SMILES string of the molecule is COc1cccc(-c2ccc(C=O)o2)c1. The van der Waals surface area contributed by atoms with E-state index in [2.05, 4.69) is 0 Å². The third-order valence-corrected chi connectivity index (χ3v) is 2.10. The van der Waals surface area contributed by atoms with Crippen LogP contribution in [0.15, 0.2) is 40.8 Å². The molecule has 0 radical (unpaired) electrons. The zero-order valence-corrected chi connectivity index (χ0v) is 8.27. The number of benzene rings is 1. The zero-order chi connectivity index (χ0) is 10.7. The predicted octanol–water partition coefficient (Wildman–Crippen LogP) is 2.77. The summed E-state index contributed by atoms with van der Waals surface area (Å²) in [6.45, 7) is 0. The molecular formula is C12H10O3. The van der Waals surface area contributed by atoms with Crippen molar-refractivity contribution in [2.75, 3.05) is 7.11 Å². The van der Waals surface area contributed by atoms with Crippen LogP contribution in [0.25, 0.3) is 11.3 Å². The highest BCUT2D eigenvalue weighted by atomic mass is 16.5. The Bertz CT molecular complexity index is 471. The maximum Gasteiger partial charge on any atom is 0.185 e. The highest BCUT2D eigenvalue weighted by Gasteiger charge is 2.04. The Labute approximate surface area is 87.3 Å². The van der Waals surface area contributed by atoms with E-state index in [-0.39, 0.29) is 0 Å². The van der Waals surface area contributed by atoms with Crippen LogP contribution in [0.4, 0.5) is 0 Å². The molecule has 2 rings (SSSR count). The van der Waals surface area contributed by atoms with Crippen LogP contribution in [0, 0.1) is 0 Å². The molecule has 0 fully saturated rings. The third kappa shape index (κ3) is 1.91. The molecule has 0 saturated carbocycles. The summed E-state index contributed by atoms with van der Waals surface area (Å²) in [4.78, 5) is 10.5. The lowest BCUT2D eigenvalue weighted by molar-refractivity contribution is 0.110. The minimum absolute atomic E-state index is 0.327. The number of methoxy groups -OCH3 is 1. The molecular weight excluding hydrogens is 192 g/mol. The van der Waals surface area contributed by atoms with E-state index in [1.807, 2.05) is 24.3 Å². The normalized spacial score (nSPS) is 9.93. The van der Waals surface area contributed by atoms with Crippen LogP contribution in [-0.4, -0.2) is 13.4 Å². The van der Waals surface area contributed by atoms with Crippen LogP contribution >= 0.6 is 0 Å². The van der Waals surface area contributed by atoms with Crippen molar-refractivity contribution >= 4 is 6.29 Å². The monoisotopic (exact) mass is 202 g/mol. The van der Waals surface area contributed by atoms with Crippen LogP contribution in [0.2, 0.25) is 0 Å². The molecule has 0 saturated heterocycles. The molecule has 3 heteroatoms. The molecule has 2 aromatic rings. The van der Waals surface area contributed by atoms with Crippen LogP contribution in [-0.2, 0) is 0 Å². The molecule has 0 aliphatic heterocycles. The Balaban J connectivity index is 2.39. The topological polar surface area (TPSA) is 39.4 Å². The number of hydrogen-bond donors (Lipinski definition) is 0. The molecule has 0 spiro atoms.